The molecule has 0 aliphatic carbocycles. The number of carbonyl (C=O) groups is 1. The van der Waals surface area contributed by atoms with Crippen LogP contribution in [0.4, 0.5) is 0 Å². The molecule has 0 aromatic heterocycles. The Hall–Kier alpha value is -0.100. The molecule has 0 fully saturated rings. The van der Waals surface area contributed by atoms with Crippen molar-refractivity contribution in [3.05, 3.63) is 0 Å². The molecule has 0 bridgehead atoms. The van der Waals surface area contributed by atoms with E-state index >= 15 is 0 Å². The molecule has 0 spiro atoms. The van der Waals surface area contributed by atoms with Crippen LogP contribution < -0.4 is 5.11 Å². The summed E-state index contributed by atoms with van der Waals surface area (Å²) in [7, 11) is 2.12. The summed E-state index contributed by atoms with van der Waals surface area (Å²) in [6.07, 6.45) is 25.0. The standard InChI is InChI=1S/C18H39P.C2H4O2/c1-2-3-4-5-6-7-8-9-10-11-12-13-14-15-16-17-18-19;1-2(3)4/h2-19H2,1H3;1H3,(H,3,4). The lowest BCUT2D eigenvalue weighted by Crippen LogP contribution is -2.16. The lowest BCUT2D eigenvalue weighted by molar-refractivity contribution is -0.302. The SMILES string of the molecule is CC(=O)[O-].CCCCCCCCCCCCCCCCCC[PH3+]. The zero-order valence-corrected chi connectivity index (χ0v) is 17.5. The largest absolute Gasteiger partial charge is 0.550 e. The van der Waals surface area contributed by atoms with Gasteiger partial charge in [-0.1, -0.05) is 96.8 Å². The topological polar surface area (TPSA) is 40.1 Å². The van der Waals surface area contributed by atoms with Crippen LogP contribution in [-0.4, -0.2) is 12.1 Å². The molecule has 2 nitrogen and oxygen atoms in total. The van der Waals surface area contributed by atoms with E-state index < -0.39 is 5.97 Å². The second-order valence-corrected chi connectivity index (χ2v) is 7.36. The first-order valence-corrected chi connectivity index (χ1v) is 11.1. The third-order valence-electron chi connectivity index (χ3n) is 4.10. The Morgan fingerprint density at radius 3 is 1.09 bits per heavy atom. The molecule has 0 aliphatic rings. The van der Waals surface area contributed by atoms with Crippen molar-refractivity contribution in [3.63, 3.8) is 0 Å². The predicted molar refractivity (Wildman–Crippen MR) is 106 cm³/mol. The summed E-state index contributed by atoms with van der Waals surface area (Å²) in [5, 5.41) is 8.89. The molecule has 0 rings (SSSR count). The molecule has 0 N–H and O–H groups in total. The van der Waals surface area contributed by atoms with Crippen molar-refractivity contribution in [1.29, 1.82) is 0 Å². The fourth-order valence-corrected chi connectivity index (χ4v) is 3.08. The third-order valence-corrected chi connectivity index (χ3v) is 4.60. The Bertz CT molecular complexity index is 200. The van der Waals surface area contributed by atoms with Crippen LogP contribution in [0.3, 0.4) is 0 Å². The molecule has 1 unspecified atom stereocenters. The molecular weight excluding hydrogens is 303 g/mol. The van der Waals surface area contributed by atoms with Crippen molar-refractivity contribution < 1.29 is 9.90 Å². The number of carbonyl (C=O) groups excluding carboxylic acids is 1. The fourth-order valence-electron chi connectivity index (χ4n) is 2.72. The van der Waals surface area contributed by atoms with Crippen molar-refractivity contribution in [2.45, 2.75) is 117 Å². The van der Waals surface area contributed by atoms with Crippen molar-refractivity contribution >= 4 is 15.2 Å². The smallest absolute Gasteiger partial charge is 0.0526 e. The first kappa shape index (κ1) is 25.1. The number of rotatable bonds is 16. The van der Waals surface area contributed by atoms with Gasteiger partial charge in [0.2, 0.25) is 0 Å². The van der Waals surface area contributed by atoms with Gasteiger partial charge in [0.1, 0.15) is 0 Å². The van der Waals surface area contributed by atoms with Gasteiger partial charge in [-0.15, -0.1) is 0 Å². The molecule has 3 heteroatoms. The summed E-state index contributed by atoms with van der Waals surface area (Å²) in [6, 6.07) is 0. The Morgan fingerprint density at radius 1 is 0.652 bits per heavy atom. The van der Waals surface area contributed by atoms with E-state index in [1.165, 1.54) is 109 Å². The van der Waals surface area contributed by atoms with Gasteiger partial charge < -0.3 is 9.90 Å². The molecule has 0 aliphatic heterocycles. The number of carboxylic acids is 1. The molecular formula is C20H43O2P. The van der Waals surface area contributed by atoms with Gasteiger partial charge in [0.15, 0.2) is 0 Å². The lowest BCUT2D eigenvalue weighted by Gasteiger charge is -2.03. The molecule has 0 aromatic carbocycles. The zero-order chi connectivity index (χ0) is 17.6. The summed E-state index contributed by atoms with van der Waals surface area (Å²) in [4.78, 5) is 8.89. The van der Waals surface area contributed by atoms with E-state index in [-0.39, 0.29) is 0 Å². The Morgan fingerprint density at radius 2 is 0.870 bits per heavy atom. The molecule has 140 valence electrons. The summed E-state index contributed by atoms with van der Waals surface area (Å²) < 4.78 is 0. The van der Waals surface area contributed by atoms with Gasteiger partial charge in [0.25, 0.3) is 0 Å². The highest BCUT2D eigenvalue weighted by molar-refractivity contribution is 7.16. The Kier molecular flexibility index (Phi) is 26.4. The molecule has 0 saturated heterocycles. The van der Waals surface area contributed by atoms with Gasteiger partial charge >= 0.3 is 0 Å². The molecule has 0 saturated carbocycles. The van der Waals surface area contributed by atoms with Crippen molar-refractivity contribution in [3.8, 4) is 0 Å². The third kappa shape index (κ3) is 34.3. The normalized spacial score (nSPS) is 10.3. The van der Waals surface area contributed by atoms with Crippen LogP contribution in [0.1, 0.15) is 117 Å². The van der Waals surface area contributed by atoms with Crippen LogP contribution in [0.2, 0.25) is 0 Å². The van der Waals surface area contributed by atoms with Crippen LogP contribution >= 0.6 is 9.24 Å². The van der Waals surface area contributed by atoms with Crippen molar-refractivity contribution in [2.24, 2.45) is 0 Å². The quantitative estimate of drug-likeness (QED) is 0.269. The van der Waals surface area contributed by atoms with Crippen molar-refractivity contribution in [1.82, 2.24) is 0 Å². The monoisotopic (exact) mass is 346 g/mol. The summed E-state index contributed by atoms with van der Waals surface area (Å²) in [6.45, 7) is 3.27. The van der Waals surface area contributed by atoms with E-state index in [0.717, 1.165) is 6.92 Å². The first-order chi connectivity index (χ1) is 11.1. The highest BCUT2D eigenvalue weighted by Gasteiger charge is 1.94. The second-order valence-electron chi connectivity index (χ2n) is 6.65. The van der Waals surface area contributed by atoms with E-state index in [1.54, 1.807) is 0 Å². The van der Waals surface area contributed by atoms with E-state index in [9.17, 15) is 0 Å². The van der Waals surface area contributed by atoms with E-state index in [4.69, 9.17) is 9.90 Å². The zero-order valence-electron chi connectivity index (χ0n) is 16.0. The summed E-state index contributed by atoms with van der Waals surface area (Å²) in [5.41, 5.74) is 0. The molecule has 0 heterocycles. The molecule has 0 amide bonds. The number of aliphatic carboxylic acids is 1. The van der Waals surface area contributed by atoms with Crippen LogP contribution in [0, 0.1) is 0 Å². The maximum absolute atomic E-state index is 8.89. The molecule has 0 radical (unpaired) electrons. The molecule has 23 heavy (non-hydrogen) atoms. The van der Waals surface area contributed by atoms with E-state index in [0.29, 0.717) is 0 Å². The number of hydrogen-bond donors (Lipinski definition) is 0. The minimum atomic E-state index is -1.08. The summed E-state index contributed by atoms with van der Waals surface area (Å²) in [5.74, 6) is -1.08. The van der Waals surface area contributed by atoms with Gasteiger partial charge in [-0.2, -0.15) is 0 Å². The van der Waals surface area contributed by atoms with Gasteiger partial charge in [-0.05, 0) is 29.0 Å². The fraction of sp³-hybridized carbons (Fsp3) is 0.950. The first-order valence-electron chi connectivity index (χ1n) is 10.1. The summed E-state index contributed by atoms with van der Waals surface area (Å²) >= 11 is 0. The van der Waals surface area contributed by atoms with Crippen LogP contribution in [0.25, 0.3) is 0 Å². The maximum atomic E-state index is 8.89. The predicted octanol–water partition coefficient (Wildman–Crippen LogP) is 5.61. The van der Waals surface area contributed by atoms with E-state index in [2.05, 4.69) is 16.2 Å². The lowest BCUT2D eigenvalue weighted by atomic mass is 10.0. The average molecular weight is 347 g/mol. The number of unbranched alkanes of at least 4 members (excludes halogenated alkanes) is 15. The van der Waals surface area contributed by atoms with Gasteiger partial charge in [-0.3, -0.25) is 0 Å². The minimum absolute atomic E-state index is 0.972. The van der Waals surface area contributed by atoms with Gasteiger partial charge in [0.05, 0.1) is 6.16 Å². The highest BCUT2D eigenvalue weighted by atomic mass is 31.0. The Balaban J connectivity index is 0. The van der Waals surface area contributed by atoms with E-state index in [1.807, 2.05) is 0 Å². The molecule has 1 atom stereocenters. The van der Waals surface area contributed by atoms with Crippen LogP contribution in [0.5, 0.6) is 0 Å². The average Bonchev–Trinajstić information content (AvgIpc) is 2.50. The van der Waals surface area contributed by atoms with Crippen LogP contribution in [-0.2, 0) is 4.79 Å². The van der Waals surface area contributed by atoms with Gasteiger partial charge in [-0.25, -0.2) is 0 Å². The number of hydrogen-bond acceptors (Lipinski definition) is 2. The van der Waals surface area contributed by atoms with Crippen molar-refractivity contribution in [2.75, 3.05) is 6.16 Å². The van der Waals surface area contributed by atoms with Crippen LogP contribution in [0.15, 0.2) is 0 Å². The minimum Gasteiger partial charge on any atom is -0.550 e. The highest BCUT2D eigenvalue weighted by Crippen LogP contribution is 2.13. The number of carboxylic acid groups (broad SMARTS) is 1. The second kappa shape index (κ2) is 24.2. The van der Waals surface area contributed by atoms with Gasteiger partial charge in [0, 0.05) is 5.97 Å². The Labute approximate surface area is 148 Å². The maximum Gasteiger partial charge on any atom is 0.0526 e. The molecule has 0 aromatic rings.